The number of fused-ring (bicyclic) bond motifs is 3. The highest BCUT2D eigenvalue weighted by Gasteiger charge is 2.25. The Morgan fingerprint density at radius 2 is 1.74 bits per heavy atom. The molecular weight excluding hydrogens is 313 g/mol. The van der Waals surface area contributed by atoms with Gasteiger partial charge in [0.25, 0.3) is 0 Å². The first-order valence-corrected chi connectivity index (χ1v) is 7.71. The minimum absolute atomic E-state index is 0.314. The highest BCUT2D eigenvalue weighted by Crippen LogP contribution is 2.34. The number of aliphatic imine (C=N–C) groups is 1. The van der Waals surface area contributed by atoms with E-state index in [0.29, 0.717) is 11.3 Å². The fourth-order valence-corrected chi connectivity index (χ4v) is 3.18. The van der Waals surface area contributed by atoms with Gasteiger partial charge in [0.1, 0.15) is 11.6 Å². The molecule has 0 N–H and O–H groups in total. The van der Waals surface area contributed by atoms with Crippen LogP contribution >= 0.6 is 11.6 Å². The molecule has 23 heavy (non-hydrogen) atoms. The van der Waals surface area contributed by atoms with Crippen LogP contribution in [0.25, 0.3) is 5.69 Å². The van der Waals surface area contributed by atoms with E-state index in [0.717, 1.165) is 22.8 Å². The molecule has 0 fully saturated rings. The van der Waals surface area contributed by atoms with Crippen LogP contribution in [0, 0.1) is 12.7 Å². The minimum atomic E-state index is -0.627. The number of imidazole rings is 1. The van der Waals surface area contributed by atoms with Gasteiger partial charge in [0.05, 0.1) is 23.3 Å². The molecule has 0 aliphatic carbocycles. The molecule has 114 valence electrons. The Kier molecular flexibility index (Phi) is 3.27. The molecule has 2 aromatic carbocycles. The Morgan fingerprint density at radius 3 is 2.52 bits per heavy atom. The van der Waals surface area contributed by atoms with Gasteiger partial charge >= 0.3 is 0 Å². The summed E-state index contributed by atoms with van der Waals surface area (Å²) in [7, 11) is 0. The number of para-hydroxylation sites is 1. The normalized spacial score (nSPS) is 16.3. The Hall–Kier alpha value is -2.46. The van der Waals surface area contributed by atoms with E-state index in [2.05, 4.69) is 9.98 Å². The second-order valence-electron chi connectivity index (χ2n) is 5.38. The van der Waals surface area contributed by atoms with Gasteiger partial charge in [0, 0.05) is 11.1 Å². The highest BCUT2D eigenvalue weighted by atomic mass is 35.5. The van der Waals surface area contributed by atoms with Crippen LogP contribution in [-0.2, 0) is 0 Å². The number of hydrogen-bond donors (Lipinski definition) is 0. The van der Waals surface area contributed by atoms with Gasteiger partial charge in [-0.15, -0.1) is 0 Å². The molecule has 3 nitrogen and oxygen atoms in total. The predicted octanol–water partition coefficient (Wildman–Crippen LogP) is 4.41. The number of benzene rings is 2. The smallest absolute Gasteiger partial charge is 0.166 e. The van der Waals surface area contributed by atoms with Crippen LogP contribution < -0.4 is 0 Å². The maximum Gasteiger partial charge on any atom is 0.166 e. The third kappa shape index (κ3) is 2.18. The van der Waals surface area contributed by atoms with Crippen molar-refractivity contribution in [2.24, 2.45) is 4.99 Å². The number of alkyl halides is 1. The predicted molar refractivity (Wildman–Crippen MR) is 88.9 cm³/mol. The van der Waals surface area contributed by atoms with Gasteiger partial charge in [-0.25, -0.2) is 9.37 Å². The summed E-state index contributed by atoms with van der Waals surface area (Å²) in [5.74, 6) is 0.509. The second kappa shape index (κ2) is 5.32. The van der Waals surface area contributed by atoms with Gasteiger partial charge in [-0.2, -0.15) is 0 Å². The van der Waals surface area contributed by atoms with E-state index in [1.807, 2.05) is 35.8 Å². The van der Waals surface area contributed by atoms with Crippen molar-refractivity contribution in [3.05, 3.63) is 83.2 Å². The molecule has 0 spiro atoms. The van der Waals surface area contributed by atoms with Crippen molar-refractivity contribution in [2.75, 3.05) is 0 Å². The van der Waals surface area contributed by atoms with E-state index in [4.69, 9.17) is 11.6 Å². The van der Waals surface area contributed by atoms with Crippen LogP contribution in [0.15, 0.2) is 59.7 Å². The molecule has 2 heterocycles. The summed E-state index contributed by atoms with van der Waals surface area (Å²) in [4.78, 5) is 8.92. The molecule has 1 unspecified atom stereocenters. The monoisotopic (exact) mass is 325 g/mol. The number of halogens is 2. The molecule has 0 bridgehead atoms. The first kappa shape index (κ1) is 14.2. The van der Waals surface area contributed by atoms with E-state index in [-0.39, 0.29) is 5.82 Å². The van der Waals surface area contributed by atoms with E-state index in [9.17, 15) is 4.39 Å². The molecule has 4 rings (SSSR count). The second-order valence-corrected chi connectivity index (χ2v) is 5.79. The zero-order chi connectivity index (χ0) is 16.0. The maximum absolute atomic E-state index is 14.3. The highest BCUT2D eigenvalue weighted by molar-refractivity contribution is 6.23. The molecule has 3 aromatic rings. The molecule has 0 saturated carbocycles. The fraction of sp³-hybridized carbons (Fsp3) is 0.111. The number of aryl methyl sites for hydroxylation is 1. The van der Waals surface area contributed by atoms with Crippen LogP contribution in [0.5, 0.6) is 0 Å². The van der Waals surface area contributed by atoms with Crippen LogP contribution in [0.2, 0.25) is 0 Å². The van der Waals surface area contributed by atoms with Crippen LogP contribution in [0.3, 0.4) is 0 Å². The Bertz CT molecular complexity index is 930. The SMILES string of the molecule is Cc1ncc2n1-c1ccccc1C(c1ccccc1F)=NC2Cl. The lowest BCUT2D eigenvalue weighted by Crippen LogP contribution is -2.09. The van der Waals surface area contributed by atoms with Crippen molar-refractivity contribution in [2.45, 2.75) is 12.4 Å². The largest absolute Gasteiger partial charge is 0.297 e. The van der Waals surface area contributed by atoms with Crippen molar-refractivity contribution < 1.29 is 4.39 Å². The molecule has 0 amide bonds. The average molecular weight is 326 g/mol. The Labute approximate surface area is 138 Å². The Balaban J connectivity index is 2.05. The summed E-state index contributed by atoms with van der Waals surface area (Å²) in [5, 5.41) is 0. The summed E-state index contributed by atoms with van der Waals surface area (Å²) in [6.07, 6.45) is 1.72. The summed E-state index contributed by atoms with van der Waals surface area (Å²) < 4.78 is 16.3. The molecular formula is C18H13ClFN3. The van der Waals surface area contributed by atoms with Gasteiger partial charge in [-0.1, -0.05) is 41.9 Å². The zero-order valence-electron chi connectivity index (χ0n) is 12.4. The Morgan fingerprint density at radius 1 is 1.04 bits per heavy atom. The van der Waals surface area contributed by atoms with Gasteiger partial charge in [0.15, 0.2) is 5.50 Å². The minimum Gasteiger partial charge on any atom is -0.297 e. The lowest BCUT2D eigenvalue weighted by atomic mass is 10.00. The quantitative estimate of drug-likeness (QED) is 0.481. The topological polar surface area (TPSA) is 30.2 Å². The standard InChI is InChI=1S/C18H13ClFN3/c1-11-21-10-16-18(19)22-17(12-6-2-4-8-14(12)20)13-7-3-5-9-15(13)23(11)16/h2-10,18H,1H3. The first-order valence-electron chi connectivity index (χ1n) is 7.27. The van der Waals surface area contributed by atoms with Gasteiger partial charge in [-0.05, 0) is 25.1 Å². The van der Waals surface area contributed by atoms with Gasteiger partial charge in [0.2, 0.25) is 0 Å². The number of nitrogens with zero attached hydrogens (tertiary/aromatic N) is 3. The van der Waals surface area contributed by atoms with Crippen molar-refractivity contribution >= 4 is 17.3 Å². The van der Waals surface area contributed by atoms with Crippen molar-refractivity contribution in [1.29, 1.82) is 0 Å². The van der Waals surface area contributed by atoms with E-state index in [1.165, 1.54) is 6.07 Å². The lowest BCUT2D eigenvalue weighted by Gasteiger charge is -2.13. The van der Waals surface area contributed by atoms with Gasteiger partial charge in [-0.3, -0.25) is 9.56 Å². The van der Waals surface area contributed by atoms with Crippen molar-refractivity contribution in [3.63, 3.8) is 0 Å². The van der Waals surface area contributed by atoms with Crippen molar-refractivity contribution in [1.82, 2.24) is 9.55 Å². The molecule has 1 atom stereocenters. The summed E-state index contributed by atoms with van der Waals surface area (Å²) in [6.45, 7) is 1.91. The lowest BCUT2D eigenvalue weighted by molar-refractivity contribution is 0.625. The molecule has 5 heteroatoms. The van der Waals surface area contributed by atoms with E-state index in [1.54, 1.807) is 24.4 Å². The van der Waals surface area contributed by atoms with E-state index >= 15 is 0 Å². The average Bonchev–Trinajstić information content (AvgIpc) is 2.89. The van der Waals surface area contributed by atoms with Crippen molar-refractivity contribution in [3.8, 4) is 5.69 Å². The molecule has 1 aromatic heterocycles. The van der Waals surface area contributed by atoms with Crippen LogP contribution in [0.1, 0.15) is 28.1 Å². The number of aromatic nitrogens is 2. The molecule has 0 radical (unpaired) electrons. The number of rotatable bonds is 1. The first-order chi connectivity index (χ1) is 11.2. The molecule has 1 aliphatic heterocycles. The van der Waals surface area contributed by atoms with Crippen LogP contribution in [-0.4, -0.2) is 15.3 Å². The molecule has 1 aliphatic rings. The third-order valence-corrected chi connectivity index (χ3v) is 4.30. The zero-order valence-corrected chi connectivity index (χ0v) is 13.1. The van der Waals surface area contributed by atoms with Crippen LogP contribution in [0.4, 0.5) is 4.39 Å². The summed E-state index contributed by atoms with van der Waals surface area (Å²) in [6, 6.07) is 14.4. The molecule has 0 saturated heterocycles. The maximum atomic E-state index is 14.3. The van der Waals surface area contributed by atoms with E-state index < -0.39 is 5.50 Å². The summed E-state index contributed by atoms with van der Waals surface area (Å²) >= 11 is 6.48. The third-order valence-electron chi connectivity index (χ3n) is 3.98. The summed E-state index contributed by atoms with van der Waals surface area (Å²) in [5.41, 5.74) is 2.90. The fourth-order valence-electron chi connectivity index (χ4n) is 2.93. The number of hydrogen-bond acceptors (Lipinski definition) is 2. The van der Waals surface area contributed by atoms with Gasteiger partial charge < -0.3 is 0 Å².